The van der Waals surface area contributed by atoms with Gasteiger partial charge in [0.2, 0.25) is 5.88 Å². The number of methoxy groups -OCH3 is 1. The first kappa shape index (κ1) is 21.4. The molecule has 0 aromatic carbocycles. The quantitative estimate of drug-likeness (QED) is 0.279. The van der Waals surface area contributed by atoms with Gasteiger partial charge in [-0.25, -0.2) is 15.0 Å². The second-order valence-electron chi connectivity index (χ2n) is 5.03. The van der Waals surface area contributed by atoms with Crippen LogP contribution in [0.4, 0.5) is 0 Å². The monoisotopic (exact) mass is 475 g/mol. The van der Waals surface area contributed by atoms with E-state index in [4.69, 9.17) is 16.3 Å². The molecule has 2 aromatic rings. The number of pyridine rings is 2. The van der Waals surface area contributed by atoms with E-state index in [0.29, 0.717) is 17.6 Å². The number of hydrogen-bond acceptors (Lipinski definition) is 4. The number of rotatable bonds is 7. The minimum absolute atomic E-state index is 0. The molecule has 0 saturated carbocycles. The lowest BCUT2D eigenvalue weighted by Crippen LogP contribution is -2.38. The van der Waals surface area contributed by atoms with Crippen LogP contribution in [0.2, 0.25) is 5.15 Å². The van der Waals surface area contributed by atoms with Gasteiger partial charge in [0.05, 0.1) is 13.7 Å². The Morgan fingerprint density at radius 3 is 2.76 bits per heavy atom. The summed E-state index contributed by atoms with van der Waals surface area (Å²) < 4.78 is 5.25. The maximum absolute atomic E-state index is 5.79. The fraction of sp³-hybridized carbons (Fsp3) is 0.353. The van der Waals surface area contributed by atoms with E-state index in [1.54, 1.807) is 25.6 Å². The molecule has 2 rings (SSSR count). The Labute approximate surface area is 170 Å². The summed E-state index contributed by atoms with van der Waals surface area (Å²) >= 11 is 5.79. The van der Waals surface area contributed by atoms with E-state index in [1.165, 1.54) is 0 Å². The number of guanidine groups is 1. The summed E-state index contributed by atoms with van der Waals surface area (Å²) in [5.41, 5.74) is 2.07. The highest BCUT2D eigenvalue weighted by atomic mass is 127. The van der Waals surface area contributed by atoms with E-state index in [0.717, 1.165) is 36.6 Å². The zero-order chi connectivity index (χ0) is 17.2. The van der Waals surface area contributed by atoms with Gasteiger partial charge in [0.25, 0.3) is 0 Å². The predicted octanol–water partition coefficient (Wildman–Crippen LogP) is 3.05. The second-order valence-corrected chi connectivity index (χ2v) is 5.42. The van der Waals surface area contributed by atoms with Crippen LogP contribution in [0.25, 0.3) is 0 Å². The van der Waals surface area contributed by atoms with Gasteiger partial charge in [-0.05, 0) is 31.0 Å². The maximum atomic E-state index is 5.79. The van der Waals surface area contributed by atoms with Crippen molar-refractivity contribution >= 4 is 41.5 Å². The van der Waals surface area contributed by atoms with E-state index in [-0.39, 0.29) is 24.0 Å². The lowest BCUT2D eigenvalue weighted by Gasteiger charge is -2.12. The van der Waals surface area contributed by atoms with Crippen LogP contribution in [0.3, 0.4) is 0 Å². The van der Waals surface area contributed by atoms with Crippen LogP contribution in [-0.2, 0) is 13.0 Å². The highest BCUT2D eigenvalue weighted by Gasteiger charge is 2.03. The Morgan fingerprint density at radius 1 is 1.24 bits per heavy atom. The van der Waals surface area contributed by atoms with Crippen molar-refractivity contribution in [3.8, 4) is 5.88 Å². The first-order valence-corrected chi connectivity index (χ1v) is 8.21. The van der Waals surface area contributed by atoms with Gasteiger partial charge in [0.15, 0.2) is 5.96 Å². The average molecular weight is 476 g/mol. The molecule has 0 amide bonds. The zero-order valence-electron chi connectivity index (χ0n) is 14.3. The van der Waals surface area contributed by atoms with Gasteiger partial charge in [-0.1, -0.05) is 23.7 Å². The fourth-order valence-corrected chi connectivity index (χ4v) is 2.23. The molecule has 25 heavy (non-hydrogen) atoms. The number of ether oxygens (including phenoxy) is 1. The average Bonchev–Trinajstić information content (AvgIpc) is 2.61. The molecule has 0 spiro atoms. The first-order chi connectivity index (χ1) is 11.7. The molecule has 0 aliphatic carbocycles. The molecule has 2 heterocycles. The lowest BCUT2D eigenvalue weighted by atomic mass is 10.2. The second kappa shape index (κ2) is 11.9. The van der Waals surface area contributed by atoms with Crippen molar-refractivity contribution in [1.82, 2.24) is 20.6 Å². The van der Waals surface area contributed by atoms with E-state index < -0.39 is 0 Å². The van der Waals surface area contributed by atoms with Gasteiger partial charge in [-0.3, -0.25) is 0 Å². The molecule has 0 aliphatic rings. The number of hydrogen-bond donors (Lipinski definition) is 2. The Kier molecular flexibility index (Phi) is 10.2. The van der Waals surface area contributed by atoms with Crippen molar-refractivity contribution in [3.63, 3.8) is 0 Å². The third kappa shape index (κ3) is 7.43. The summed E-state index contributed by atoms with van der Waals surface area (Å²) in [6.07, 6.45) is 4.33. The van der Waals surface area contributed by atoms with E-state index in [2.05, 4.69) is 25.6 Å². The zero-order valence-corrected chi connectivity index (χ0v) is 17.4. The minimum atomic E-state index is 0. The highest BCUT2D eigenvalue weighted by molar-refractivity contribution is 14.0. The Bertz CT molecular complexity index is 666. The molecule has 0 saturated heterocycles. The normalized spacial score (nSPS) is 10.8. The van der Waals surface area contributed by atoms with Gasteiger partial charge >= 0.3 is 0 Å². The number of nitrogens with zero attached hydrogens (tertiary/aromatic N) is 3. The molecule has 136 valence electrons. The van der Waals surface area contributed by atoms with Crippen molar-refractivity contribution in [1.29, 1.82) is 0 Å². The summed E-state index contributed by atoms with van der Waals surface area (Å²) in [7, 11) is 1.61. The molecular weight excluding hydrogens is 453 g/mol. The van der Waals surface area contributed by atoms with Crippen LogP contribution in [0.15, 0.2) is 41.7 Å². The number of nitrogens with one attached hydrogen (secondary N) is 2. The molecule has 0 bridgehead atoms. The predicted molar refractivity (Wildman–Crippen MR) is 112 cm³/mol. The van der Waals surface area contributed by atoms with Crippen LogP contribution in [-0.4, -0.2) is 36.1 Å². The standard InChI is InChI=1S/C17H22ClN5O.HI/c1-3-19-17(21-10-8-13-6-7-15(18)22-11-13)23-12-14-5-4-9-20-16(14)24-2;/h4-7,9,11H,3,8,10,12H2,1-2H3,(H2,19,21,23);1H. The van der Waals surface area contributed by atoms with Crippen LogP contribution in [0.1, 0.15) is 18.1 Å². The molecule has 0 radical (unpaired) electrons. The molecular formula is C17H23ClIN5O. The largest absolute Gasteiger partial charge is 0.481 e. The summed E-state index contributed by atoms with van der Waals surface area (Å²) in [6.45, 7) is 4.07. The van der Waals surface area contributed by atoms with E-state index in [9.17, 15) is 0 Å². The number of aliphatic imine (C=N–C) groups is 1. The SMILES string of the molecule is CCNC(=NCc1cccnc1OC)NCCc1ccc(Cl)nc1.I. The van der Waals surface area contributed by atoms with E-state index in [1.807, 2.05) is 25.1 Å². The number of halogens is 2. The molecule has 0 atom stereocenters. The fourth-order valence-electron chi connectivity index (χ4n) is 2.11. The van der Waals surface area contributed by atoms with Gasteiger partial charge in [-0.2, -0.15) is 0 Å². The van der Waals surface area contributed by atoms with Gasteiger partial charge in [-0.15, -0.1) is 24.0 Å². The lowest BCUT2D eigenvalue weighted by molar-refractivity contribution is 0.392. The highest BCUT2D eigenvalue weighted by Crippen LogP contribution is 2.14. The van der Waals surface area contributed by atoms with Crippen LogP contribution >= 0.6 is 35.6 Å². The third-order valence-corrected chi connectivity index (χ3v) is 3.51. The van der Waals surface area contributed by atoms with Crippen molar-refractivity contribution in [2.75, 3.05) is 20.2 Å². The Morgan fingerprint density at radius 2 is 2.08 bits per heavy atom. The van der Waals surface area contributed by atoms with Gasteiger partial charge in [0, 0.05) is 31.0 Å². The minimum Gasteiger partial charge on any atom is -0.481 e. The van der Waals surface area contributed by atoms with Crippen LogP contribution < -0.4 is 15.4 Å². The van der Waals surface area contributed by atoms with Gasteiger partial charge < -0.3 is 15.4 Å². The third-order valence-electron chi connectivity index (χ3n) is 3.29. The topological polar surface area (TPSA) is 71.4 Å². The molecule has 0 aliphatic heterocycles. The summed E-state index contributed by atoms with van der Waals surface area (Å²) in [5, 5.41) is 7.04. The van der Waals surface area contributed by atoms with Crippen LogP contribution in [0.5, 0.6) is 5.88 Å². The van der Waals surface area contributed by atoms with E-state index >= 15 is 0 Å². The summed E-state index contributed by atoms with van der Waals surface area (Å²) in [5.74, 6) is 1.36. The van der Waals surface area contributed by atoms with Crippen LogP contribution in [0, 0.1) is 0 Å². The Balaban J connectivity index is 0.00000312. The maximum Gasteiger partial charge on any atom is 0.218 e. The molecule has 2 aromatic heterocycles. The molecule has 6 nitrogen and oxygen atoms in total. The smallest absolute Gasteiger partial charge is 0.218 e. The molecule has 0 unspecified atom stereocenters. The van der Waals surface area contributed by atoms with Crippen molar-refractivity contribution < 1.29 is 4.74 Å². The molecule has 0 fully saturated rings. The number of aromatic nitrogens is 2. The van der Waals surface area contributed by atoms with Crippen molar-refractivity contribution in [3.05, 3.63) is 52.9 Å². The molecule has 2 N–H and O–H groups in total. The first-order valence-electron chi connectivity index (χ1n) is 7.83. The Hall–Kier alpha value is -1.61. The molecule has 8 heteroatoms. The summed E-state index contributed by atoms with van der Waals surface area (Å²) in [6, 6.07) is 7.60. The van der Waals surface area contributed by atoms with Gasteiger partial charge in [0.1, 0.15) is 5.15 Å². The van der Waals surface area contributed by atoms with Crippen molar-refractivity contribution in [2.24, 2.45) is 4.99 Å². The van der Waals surface area contributed by atoms with Crippen molar-refractivity contribution in [2.45, 2.75) is 19.9 Å². The summed E-state index contributed by atoms with van der Waals surface area (Å²) in [4.78, 5) is 12.8.